The quantitative estimate of drug-likeness (QED) is 0.773. The second-order valence-corrected chi connectivity index (χ2v) is 4.65. The van der Waals surface area contributed by atoms with Crippen LogP contribution < -0.4 is 5.73 Å². The van der Waals surface area contributed by atoms with Crippen molar-refractivity contribution in [3.05, 3.63) is 29.8 Å². The highest BCUT2D eigenvalue weighted by atomic mass is 16.5. The Morgan fingerprint density at radius 1 is 1.19 bits per heavy atom. The molecule has 0 bridgehead atoms. The van der Waals surface area contributed by atoms with E-state index in [4.69, 9.17) is 10.5 Å². The fourth-order valence-corrected chi connectivity index (χ4v) is 2.18. The molecule has 88 valence electrons. The second kappa shape index (κ2) is 4.85. The van der Waals surface area contributed by atoms with Crippen molar-refractivity contribution >= 4 is 5.69 Å². The Labute approximate surface area is 97.2 Å². The number of hydrogen-bond donors (Lipinski definition) is 1. The van der Waals surface area contributed by atoms with Gasteiger partial charge in [-0.25, -0.2) is 0 Å². The first kappa shape index (κ1) is 11.4. The van der Waals surface area contributed by atoms with Crippen LogP contribution in [0.5, 0.6) is 0 Å². The predicted octanol–water partition coefficient (Wildman–Crippen LogP) is 1.88. The van der Waals surface area contributed by atoms with Gasteiger partial charge in [0.05, 0.1) is 13.2 Å². The monoisotopic (exact) mass is 220 g/mol. The van der Waals surface area contributed by atoms with Crippen LogP contribution in [0, 0.1) is 0 Å². The number of nitrogen functional groups attached to an aromatic ring is 1. The molecule has 0 aromatic heterocycles. The van der Waals surface area contributed by atoms with E-state index in [9.17, 15) is 0 Å². The molecule has 0 radical (unpaired) electrons. The Balaban J connectivity index is 2.04. The van der Waals surface area contributed by atoms with E-state index in [-0.39, 0.29) is 0 Å². The van der Waals surface area contributed by atoms with Crippen LogP contribution >= 0.6 is 0 Å². The van der Waals surface area contributed by atoms with Crippen molar-refractivity contribution in [2.24, 2.45) is 0 Å². The van der Waals surface area contributed by atoms with Crippen LogP contribution in [0.2, 0.25) is 0 Å². The van der Waals surface area contributed by atoms with Crippen molar-refractivity contribution in [2.75, 3.05) is 18.9 Å². The van der Waals surface area contributed by atoms with E-state index in [1.54, 1.807) is 0 Å². The third kappa shape index (κ3) is 2.54. The number of nitrogens with zero attached hydrogens (tertiary/aromatic N) is 1. The molecule has 1 aromatic carbocycles. The highest BCUT2D eigenvalue weighted by Crippen LogP contribution is 2.17. The summed E-state index contributed by atoms with van der Waals surface area (Å²) in [5, 5.41) is 0. The summed E-state index contributed by atoms with van der Waals surface area (Å²) in [6.07, 6.45) is 0. The van der Waals surface area contributed by atoms with Crippen LogP contribution in [0.4, 0.5) is 5.69 Å². The lowest BCUT2D eigenvalue weighted by Crippen LogP contribution is -2.48. The van der Waals surface area contributed by atoms with E-state index < -0.39 is 0 Å². The minimum absolute atomic E-state index is 0.487. The van der Waals surface area contributed by atoms with Crippen LogP contribution in [0.1, 0.15) is 19.4 Å². The summed E-state index contributed by atoms with van der Waals surface area (Å²) in [5.41, 5.74) is 7.82. The number of nitrogens with two attached hydrogens (primary N) is 1. The molecule has 0 spiro atoms. The van der Waals surface area contributed by atoms with Crippen molar-refractivity contribution in [3.63, 3.8) is 0 Å². The fourth-order valence-electron chi connectivity index (χ4n) is 2.18. The lowest BCUT2D eigenvalue weighted by Gasteiger charge is -2.38. The molecule has 1 aliphatic rings. The molecule has 0 aliphatic carbocycles. The SMILES string of the molecule is C[C@@H]1COC[C@H](C)N1Cc1ccc(N)cc1. The van der Waals surface area contributed by atoms with Gasteiger partial charge in [-0.15, -0.1) is 0 Å². The molecule has 1 aromatic rings. The zero-order chi connectivity index (χ0) is 11.5. The van der Waals surface area contributed by atoms with Gasteiger partial charge in [-0.2, -0.15) is 0 Å². The highest BCUT2D eigenvalue weighted by Gasteiger charge is 2.24. The minimum atomic E-state index is 0.487. The smallest absolute Gasteiger partial charge is 0.0620 e. The third-order valence-electron chi connectivity index (χ3n) is 3.20. The number of anilines is 1. The Bertz CT molecular complexity index is 326. The summed E-state index contributed by atoms with van der Waals surface area (Å²) >= 11 is 0. The maximum Gasteiger partial charge on any atom is 0.0620 e. The summed E-state index contributed by atoms with van der Waals surface area (Å²) in [6.45, 7) is 7.07. The van der Waals surface area contributed by atoms with Crippen LogP contribution in [-0.2, 0) is 11.3 Å². The van der Waals surface area contributed by atoms with Crippen molar-refractivity contribution in [1.82, 2.24) is 4.90 Å². The van der Waals surface area contributed by atoms with E-state index in [2.05, 4.69) is 30.9 Å². The molecule has 16 heavy (non-hydrogen) atoms. The Morgan fingerprint density at radius 2 is 1.75 bits per heavy atom. The van der Waals surface area contributed by atoms with Gasteiger partial charge in [-0.1, -0.05) is 12.1 Å². The molecule has 2 N–H and O–H groups in total. The number of rotatable bonds is 2. The van der Waals surface area contributed by atoms with Gasteiger partial charge < -0.3 is 10.5 Å². The maximum absolute atomic E-state index is 5.68. The predicted molar refractivity (Wildman–Crippen MR) is 66.1 cm³/mol. The van der Waals surface area contributed by atoms with Crippen LogP contribution in [0.25, 0.3) is 0 Å². The topological polar surface area (TPSA) is 38.5 Å². The molecule has 1 aliphatic heterocycles. The standard InChI is InChI=1S/C13H20N2O/c1-10-8-16-9-11(2)15(10)7-12-3-5-13(14)6-4-12/h3-6,10-11H,7-9,14H2,1-2H3/t10-,11+. The summed E-state index contributed by atoms with van der Waals surface area (Å²) < 4.78 is 5.52. The molecule has 3 heteroatoms. The molecular formula is C13H20N2O. The molecular weight excluding hydrogens is 200 g/mol. The molecule has 3 nitrogen and oxygen atoms in total. The zero-order valence-corrected chi connectivity index (χ0v) is 10.0. The van der Waals surface area contributed by atoms with Crippen molar-refractivity contribution in [2.45, 2.75) is 32.5 Å². The van der Waals surface area contributed by atoms with Gasteiger partial charge in [0.15, 0.2) is 0 Å². The summed E-state index contributed by atoms with van der Waals surface area (Å²) in [7, 11) is 0. The zero-order valence-electron chi connectivity index (χ0n) is 10.0. The van der Waals surface area contributed by atoms with Crippen LogP contribution in [0.3, 0.4) is 0 Å². The number of hydrogen-bond acceptors (Lipinski definition) is 3. The lowest BCUT2D eigenvalue weighted by atomic mass is 10.1. The highest BCUT2D eigenvalue weighted by molar-refractivity contribution is 5.39. The molecule has 2 atom stereocenters. The van der Waals surface area contributed by atoms with Gasteiger partial charge in [0.2, 0.25) is 0 Å². The first-order valence-electron chi connectivity index (χ1n) is 5.84. The largest absolute Gasteiger partial charge is 0.399 e. The van der Waals surface area contributed by atoms with Crippen LogP contribution in [0.15, 0.2) is 24.3 Å². The molecule has 1 fully saturated rings. The second-order valence-electron chi connectivity index (χ2n) is 4.65. The van der Waals surface area contributed by atoms with Gasteiger partial charge in [0, 0.05) is 24.3 Å². The minimum Gasteiger partial charge on any atom is -0.399 e. The number of ether oxygens (including phenoxy) is 1. The molecule has 2 rings (SSSR count). The van der Waals surface area contributed by atoms with Gasteiger partial charge in [-0.05, 0) is 31.5 Å². The Hall–Kier alpha value is -1.06. The fraction of sp³-hybridized carbons (Fsp3) is 0.538. The Kier molecular flexibility index (Phi) is 3.46. The molecule has 1 heterocycles. The molecule has 1 saturated heterocycles. The van der Waals surface area contributed by atoms with E-state index in [1.807, 2.05) is 12.1 Å². The summed E-state index contributed by atoms with van der Waals surface area (Å²) in [6, 6.07) is 9.10. The van der Waals surface area contributed by atoms with E-state index in [0.29, 0.717) is 12.1 Å². The third-order valence-corrected chi connectivity index (χ3v) is 3.20. The Morgan fingerprint density at radius 3 is 2.31 bits per heavy atom. The molecule has 0 unspecified atom stereocenters. The van der Waals surface area contributed by atoms with Crippen LogP contribution in [-0.4, -0.2) is 30.2 Å². The van der Waals surface area contributed by atoms with Gasteiger partial charge in [-0.3, -0.25) is 4.90 Å². The van der Waals surface area contributed by atoms with Crippen molar-refractivity contribution in [3.8, 4) is 0 Å². The van der Waals surface area contributed by atoms with E-state index in [0.717, 1.165) is 25.4 Å². The van der Waals surface area contributed by atoms with Crippen molar-refractivity contribution < 1.29 is 4.74 Å². The van der Waals surface area contributed by atoms with Crippen molar-refractivity contribution in [1.29, 1.82) is 0 Å². The lowest BCUT2D eigenvalue weighted by molar-refractivity contribution is -0.0409. The molecule has 0 amide bonds. The van der Waals surface area contributed by atoms with E-state index in [1.165, 1.54) is 5.56 Å². The average molecular weight is 220 g/mol. The van der Waals surface area contributed by atoms with E-state index >= 15 is 0 Å². The number of morpholine rings is 1. The first-order chi connectivity index (χ1) is 7.66. The maximum atomic E-state index is 5.68. The first-order valence-corrected chi connectivity index (χ1v) is 5.84. The van der Waals surface area contributed by atoms with Gasteiger partial charge in [0.1, 0.15) is 0 Å². The molecule has 0 saturated carbocycles. The summed E-state index contributed by atoms with van der Waals surface area (Å²) in [4.78, 5) is 2.48. The summed E-state index contributed by atoms with van der Waals surface area (Å²) in [5.74, 6) is 0. The van der Waals surface area contributed by atoms with Gasteiger partial charge in [0.25, 0.3) is 0 Å². The van der Waals surface area contributed by atoms with Gasteiger partial charge >= 0.3 is 0 Å². The normalized spacial score (nSPS) is 26.9. The average Bonchev–Trinajstić information content (AvgIpc) is 2.26. The number of benzene rings is 1.